The van der Waals surface area contributed by atoms with Crippen molar-refractivity contribution < 1.29 is 14.4 Å². The van der Waals surface area contributed by atoms with Crippen LogP contribution in [0.3, 0.4) is 0 Å². The van der Waals surface area contributed by atoms with Gasteiger partial charge in [0.2, 0.25) is 11.7 Å². The lowest BCUT2D eigenvalue weighted by atomic mass is 9.89. The van der Waals surface area contributed by atoms with E-state index in [1.807, 2.05) is 30.3 Å². The molecule has 0 saturated carbocycles. The first-order chi connectivity index (χ1) is 17.0. The van der Waals surface area contributed by atoms with E-state index < -0.39 is 17.6 Å². The summed E-state index contributed by atoms with van der Waals surface area (Å²) >= 11 is 12.5. The van der Waals surface area contributed by atoms with E-state index in [1.54, 1.807) is 60.7 Å². The number of carbonyl (C=O) groups is 3. The summed E-state index contributed by atoms with van der Waals surface area (Å²) in [5, 5.41) is -0.0337. The fourth-order valence-corrected chi connectivity index (χ4v) is 4.62. The Morgan fingerprint density at radius 3 is 2.00 bits per heavy atom. The molecule has 0 N–H and O–H groups in total. The Labute approximate surface area is 212 Å². The molecular weight excluding hydrogens is 483 g/mol. The Morgan fingerprint density at radius 2 is 1.40 bits per heavy atom. The SMILES string of the molecule is O=C1C(N(C(=O)CCl)c2ccccc2)=CC2=C(Cl)C(=O)N(c3ccccc3)C2=C1c1ccccc1. The maximum Gasteiger partial charge on any atom is 0.275 e. The highest BCUT2D eigenvalue weighted by molar-refractivity contribution is 6.49. The quantitative estimate of drug-likeness (QED) is 0.423. The number of alkyl halides is 1. The maximum absolute atomic E-state index is 14.1. The molecule has 7 heteroatoms. The minimum Gasteiger partial charge on any atom is -0.287 e. The number of halogens is 2. The van der Waals surface area contributed by atoms with Crippen LogP contribution in [-0.2, 0) is 14.4 Å². The Balaban J connectivity index is 1.77. The van der Waals surface area contributed by atoms with Crippen molar-refractivity contribution in [2.45, 2.75) is 0 Å². The summed E-state index contributed by atoms with van der Waals surface area (Å²) in [4.78, 5) is 43.2. The molecule has 35 heavy (non-hydrogen) atoms. The highest BCUT2D eigenvalue weighted by Crippen LogP contribution is 2.45. The zero-order valence-corrected chi connectivity index (χ0v) is 19.8. The summed E-state index contributed by atoms with van der Waals surface area (Å²) in [5.41, 5.74) is 2.76. The number of benzene rings is 3. The van der Waals surface area contributed by atoms with E-state index in [0.29, 0.717) is 28.2 Å². The Morgan fingerprint density at radius 1 is 0.829 bits per heavy atom. The van der Waals surface area contributed by atoms with Crippen molar-refractivity contribution in [3.63, 3.8) is 0 Å². The van der Waals surface area contributed by atoms with E-state index in [1.165, 1.54) is 15.9 Å². The largest absolute Gasteiger partial charge is 0.287 e. The number of fused-ring (bicyclic) bond motifs is 1. The standard InChI is InChI=1S/C28H18Cl2N2O3/c29-17-23(33)31(19-12-6-2-7-13-19)22-16-21-25(30)28(35)32(20-14-8-3-9-15-20)26(21)24(27(22)34)18-10-4-1-5-11-18/h1-16H,17H2. The van der Waals surface area contributed by atoms with Gasteiger partial charge in [0.1, 0.15) is 10.9 Å². The number of allylic oxidation sites excluding steroid dienone is 2. The van der Waals surface area contributed by atoms with Crippen LogP contribution in [0.15, 0.2) is 119 Å². The highest BCUT2D eigenvalue weighted by atomic mass is 35.5. The minimum atomic E-state index is -0.478. The lowest BCUT2D eigenvalue weighted by Gasteiger charge is -2.30. The molecule has 0 atom stereocenters. The van der Waals surface area contributed by atoms with Gasteiger partial charge in [0.05, 0.1) is 17.0 Å². The molecule has 1 aliphatic heterocycles. The van der Waals surface area contributed by atoms with Gasteiger partial charge in [-0.15, -0.1) is 11.6 Å². The lowest BCUT2D eigenvalue weighted by molar-refractivity contribution is -0.117. The average Bonchev–Trinajstić information content (AvgIpc) is 3.15. The molecule has 1 heterocycles. The van der Waals surface area contributed by atoms with Crippen LogP contribution in [0.1, 0.15) is 5.56 Å². The van der Waals surface area contributed by atoms with E-state index in [4.69, 9.17) is 23.2 Å². The number of anilines is 2. The van der Waals surface area contributed by atoms with Gasteiger partial charge in [-0.3, -0.25) is 24.2 Å². The summed E-state index contributed by atoms with van der Waals surface area (Å²) in [6.45, 7) is 0. The zero-order valence-electron chi connectivity index (χ0n) is 18.3. The van der Waals surface area contributed by atoms with Crippen LogP contribution >= 0.6 is 23.2 Å². The molecule has 2 amide bonds. The third-order valence-electron chi connectivity index (χ3n) is 5.78. The minimum absolute atomic E-state index is 0.0337. The Bertz CT molecular complexity index is 1430. The molecule has 5 nitrogen and oxygen atoms in total. The van der Waals surface area contributed by atoms with Gasteiger partial charge in [0.25, 0.3) is 5.91 Å². The molecule has 5 rings (SSSR count). The second kappa shape index (κ2) is 9.37. The van der Waals surface area contributed by atoms with Gasteiger partial charge in [0, 0.05) is 16.9 Å². The predicted octanol–water partition coefficient (Wildman–Crippen LogP) is 5.68. The first-order valence-corrected chi connectivity index (χ1v) is 11.7. The van der Waals surface area contributed by atoms with Crippen molar-refractivity contribution in [1.29, 1.82) is 0 Å². The number of amides is 2. The summed E-state index contributed by atoms with van der Waals surface area (Å²) < 4.78 is 0. The summed E-state index contributed by atoms with van der Waals surface area (Å²) in [6, 6.07) is 26.8. The fourth-order valence-electron chi connectivity index (χ4n) is 4.27. The lowest BCUT2D eigenvalue weighted by Crippen LogP contribution is -2.37. The van der Waals surface area contributed by atoms with Crippen LogP contribution < -0.4 is 9.80 Å². The van der Waals surface area contributed by atoms with E-state index in [2.05, 4.69) is 0 Å². The van der Waals surface area contributed by atoms with Crippen molar-refractivity contribution in [3.8, 4) is 0 Å². The predicted molar refractivity (Wildman–Crippen MR) is 138 cm³/mol. The molecule has 1 aliphatic carbocycles. The monoisotopic (exact) mass is 500 g/mol. The smallest absolute Gasteiger partial charge is 0.275 e. The van der Waals surface area contributed by atoms with E-state index in [0.717, 1.165) is 0 Å². The zero-order chi connectivity index (χ0) is 24.5. The van der Waals surface area contributed by atoms with E-state index in [-0.39, 0.29) is 22.2 Å². The van der Waals surface area contributed by atoms with Crippen LogP contribution in [0.4, 0.5) is 11.4 Å². The van der Waals surface area contributed by atoms with Gasteiger partial charge in [-0.1, -0.05) is 78.3 Å². The molecule has 0 unspecified atom stereocenters. The average molecular weight is 501 g/mol. The van der Waals surface area contributed by atoms with Gasteiger partial charge < -0.3 is 0 Å². The number of para-hydroxylation sites is 2. The second-order valence-electron chi connectivity index (χ2n) is 7.85. The number of hydrogen-bond donors (Lipinski definition) is 0. The molecule has 0 bridgehead atoms. The number of Topliss-reactive ketones (excluding diaryl/α,β-unsaturated/α-hetero) is 1. The first kappa shape index (κ1) is 22.8. The van der Waals surface area contributed by atoms with Gasteiger partial charge in [-0.05, 0) is 35.9 Å². The van der Waals surface area contributed by atoms with Gasteiger partial charge in [-0.25, -0.2) is 0 Å². The molecule has 0 spiro atoms. The number of rotatable bonds is 5. The molecule has 0 fully saturated rings. The van der Waals surface area contributed by atoms with E-state index >= 15 is 0 Å². The molecule has 3 aromatic rings. The van der Waals surface area contributed by atoms with Crippen LogP contribution in [0.5, 0.6) is 0 Å². The van der Waals surface area contributed by atoms with Crippen molar-refractivity contribution in [3.05, 3.63) is 125 Å². The number of carbonyl (C=O) groups excluding carboxylic acids is 3. The summed E-state index contributed by atoms with van der Waals surface area (Å²) in [6.07, 6.45) is 1.50. The second-order valence-corrected chi connectivity index (χ2v) is 8.50. The highest BCUT2D eigenvalue weighted by Gasteiger charge is 2.43. The van der Waals surface area contributed by atoms with Crippen LogP contribution in [0.25, 0.3) is 5.57 Å². The van der Waals surface area contributed by atoms with Crippen LogP contribution in [0, 0.1) is 0 Å². The van der Waals surface area contributed by atoms with Gasteiger partial charge in [-0.2, -0.15) is 0 Å². The number of hydrogen-bond acceptors (Lipinski definition) is 3. The van der Waals surface area contributed by atoms with Crippen molar-refractivity contribution in [2.24, 2.45) is 0 Å². The molecule has 172 valence electrons. The molecule has 0 saturated heterocycles. The maximum atomic E-state index is 14.1. The molecule has 3 aromatic carbocycles. The van der Waals surface area contributed by atoms with E-state index in [9.17, 15) is 14.4 Å². The van der Waals surface area contributed by atoms with Crippen molar-refractivity contribution in [1.82, 2.24) is 0 Å². The Hall–Kier alpha value is -3.93. The molecule has 0 radical (unpaired) electrons. The third-order valence-corrected chi connectivity index (χ3v) is 6.37. The molecule has 0 aromatic heterocycles. The first-order valence-electron chi connectivity index (χ1n) is 10.8. The number of nitrogens with zero attached hydrogens (tertiary/aromatic N) is 2. The molecule has 2 aliphatic rings. The topological polar surface area (TPSA) is 57.7 Å². The van der Waals surface area contributed by atoms with Gasteiger partial charge in [0.15, 0.2) is 0 Å². The van der Waals surface area contributed by atoms with Crippen LogP contribution in [0.2, 0.25) is 0 Å². The fraction of sp³-hybridized carbons (Fsp3) is 0.0357. The van der Waals surface area contributed by atoms with Crippen LogP contribution in [-0.4, -0.2) is 23.5 Å². The molecular formula is C28H18Cl2N2O3. The summed E-state index contributed by atoms with van der Waals surface area (Å²) in [7, 11) is 0. The third kappa shape index (κ3) is 3.89. The van der Waals surface area contributed by atoms with Crippen molar-refractivity contribution >= 4 is 57.7 Å². The summed E-state index contributed by atoms with van der Waals surface area (Å²) in [5.74, 6) is -1.68. The number of ketones is 1. The van der Waals surface area contributed by atoms with Crippen molar-refractivity contribution in [2.75, 3.05) is 15.7 Å². The normalized spacial score (nSPS) is 15.4. The van der Waals surface area contributed by atoms with Gasteiger partial charge >= 0.3 is 0 Å². The Kier molecular flexibility index (Phi) is 6.12.